The van der Waals surface area contributed by atoms with Crippen molar-refractivity contribution in [2.45, 2.75) is 44.6 Å². The highest BCUT2D eigenvalue weighted by Gasteiger charge is 2.45. The van der Waals surface area contributed by atoms with E-state index >= 15 is 0 Å². The van der Waals surface area contributed by atoms with Crippen LogP contribution in [0, 0.1) is 0 Å². The first-order valence-corrected chi connectivity index (χ1v) is 5.33. The number of hydrogen-bond acceptors (Lipinski definition) is 8. The summed E-state index contributed by atoms with van der Waals surface area (Å²) in [6.45, 7) is 1.96. The van der Waals surface area contributed by atoms with E-state index in [0.29, 0.717) is 0 Å². The van der Waals surface area contributed by atoms with Crippen LogP contribution in [0.5, 0.6) is 0 Å². The minimum Gasteiger partial charge on any atom is -0.463 e. The van der Waals surface area contributed by atoms with Gasteiger partial charge in [0.05, 0.1) is 0 Å². The Morgan fingerprint density at radius 2 is 1.67 bits per heavy atom. The monoisotopic (exact) mass is 264 g/mol. The van der Waals surface area contributed by atoms with Crippen LogP contribution in [-0.4, -0.2) is 64.6 Å². The predicted molar refractivity (Wildman–Crippen MR) is 55.1 cm³/mol. The maximum Gasteiger partial charge on any atom is 0.305 e. The quantitative estimate of drug-likeness (QED) is 0.496. The molecule has 0 aliphatic carbocycles. The fourth-order valence-corrected chi connectivity index (χ4v) is 1.51. The standard InChI is InChI=1S/C10H16O8/c1-4(11)16-3-6-7(13)8(14)9(15)10(18-6)17-5(2)12/h6-10,13-15H,3H2,1-2H3/t6?,7-,8?,9+,10-/m1/s1. The van der Waals surface area contributed by atoms with Crippen LogP contribution in [0.2, 0.25) is 0 Å². The molecule has 104 valence electrons. The molecule has 18 heavy (non-hydrogen) atoms. The van der Waals surface area contributed by atoms with Crippen molar-refractivity contribution >= 4 is 11.9 Å². The Morgan fingerprint density at radius 1 is 1.06 bits per heavy atom. The van der Waals surface area contributed by atoms with E-state index in [1.54, 1.807) is 0 Å². The van der Waals surface area contributed by atoms with Crippen molar-refractivity contribution in [1.29, 1.82) is 0 Å². The third-order valence-electron chi connectivity index (χ3n) is 2.40. The highest BCUT2D eigenvalue weighted by molar-refractivity contribution is 5.66. The van der Waals surface area contributed by atoms with Gasteiger partial charge in [-0.15, -0.1) is 0 Å². The first-order chi connectivity index (χ1) is 8.32. The molecule has 0 bridgehead atoms. The summed E-state index contributed by atoms with van der Waals surface area (Å²) in [5.74, 6) is -1.30. The summed E-state index contributed by atoms with van der Waals surface area (Å²) in [6, 6.07) is 0. The van der Waals surface area contributed by atoms with E-state index in [4.69, 9.17) is 4.74 Å². The lowest BCUT2D eigenvalue weighted by molar-refractivity contribution is -0.292. The summed E-state index contributed by atoms with van der Waals surface area (Å²) in [5, 5.41) is 28.7. The van der Waals surface area contributed by atoms with Crippen LogP contribution in [0.15, 0.2) is 0 Å². The average Bonchev–Trinajstić information content (AvgIpc) is 2.27. The van der Waals surface area contributed by atoms with E-state index in [1.165, 1.54) is 6.92 Å². The molecule has 1 aliphatic rings. The van der Waals surface area contributed by atoms with E-state index in [0.717, 1.165) is 6.92 Å². The van der Waals surface area contributed by atoms with Gasteiger partial charge in [0.15, 0.2) is 0 Å². The zero-order chi connectivity index (χ0) is 13.9. The molecule has 0 saturated carbocycles. The summed E-state index contributed by atoms with van der Waals surface area (Å²) in [4.78, 5) is 21.4. The smallest absolute Gasteiger partial charge is 0.305 e. The fourth-order valence-electron chi connectivity index (χ4n) is 1.51. The molecule has 0 amide bonds. The number of carbonyl (C=O) groups excluding carboxylic acids is 2. The van der Waals surface area contributed by atoms with Gasteiger partial charge in [0.25, 0.3) is 0 Å². The fraction of sp³-hybridized carbons (Fsp3) is 0.800. The Bertz CT molecular complexity index is 315. The summed E-state index contributed by atoms with van der Waals surface area (Å²) in [5.41, 5.74) is 0. The molecule has 1 saturated heterocycles. The average molecular weight is 264 g/mol. The van der Waals surface area contributed by atoms with Gasteiger partial charge in [-0.3, -0.25) is 9.59 Å². The van der Waals surface area contributed by atoms with Crippen molar-refractivity contribution in [3.8, 4) is 0 Å². The highest BCUT2D eigenvalue weighted by atomic mass is 16.7. The number of carbonyl (C=O) groups is 2. The molecule has 1 aliphatic heterocycles. The normalized spacial score (nSPS) is 35.9. The van der Waals surface area contributed by atoms with Crippen LogP contribution in [-0.2, 0) is 23.8 Å². The molecule has 0 radical (unpaired) electrons. The van der Waals surface area contributed by atoms with Crippen molar-refractivity contribution in [2.24, 2.45) is 0 Å². The van der Waals surface area contributed by atoms with Crippen molar-refractivity contribution < 1.29 is 39.1 Å². The van der Waals surface area contributed by atoms with E-state index in [2.05, 4.69) is 9.47 Å². The van der Waals surface area contributed by atoms with Gasteiger partial charge in [-0.25, -0.2) is 0 Å². The van der Waals surface area contributed by atoms with Gasteiger partial charge < -0.3 is 29.5 Å². The Morgan fingerprint density at radius 3 is 2.17 bits per heavy atom. The molecule has 5 atom stereocenters. The largest absolute Gasteiger partial charge is 0.463 e. The minimum atomic E-state index is -1.57. The van der Waals surface area contributed by atoms with Crippen molar-refractivity contribution in [2.75, 3.05) is 6.61 Å². The van der Waals surface area contributed by atoms with Gasteiger partial charge in [0.2, 0.25) is 6.29 Å². The first kappa shape index (κ1) is 14.8. The van der Waals surface area contributed by atoms with Gasteiger partial charge in [0.1, 0.15) is 31.0 Å². The Hall–Kier alpha value is -1.22. The van der Waals surface area contributed by atoms with E-state index < -0.39 is 42.6 Å². The highest BCUT2D eigenvalue weighted by Crippen LogP contribution is 2.22. The number of aliphatic hydroxyl groups excluding tert-OH is 3. The predicted octanol–water partition coefficient (Wildman–Crippen LogP) is -2.08. The molecule has 0 spiro atoms. The third-order valence-corrected chi connectivity index (χ3v) is 2.40. The number of rotatable bonds is 3. The number of aliphatic hydroxyl groups is 3. The number of ether oxygens (including phenoxy) is 3. The topological polar surface area (TPSA) is 123 Å². The van der Waals surface area contributed by atoms with Crippen LogP contribution in [0.25, 0.3) is 0 Å². The molecule has 1 rings (SSSR count). The lowest BCUT2D eigenvalue weighted by Crippen LogP contribution is -2.59. The first-order valence-electron chi connectivity index (χ1n) is 5.33. The van der Waals surface area contributed by atoms with Gasteiger partial charge >= 0.3 is 11.9 Å². The van der Waals surface area contributed by atoms with E-state index in [1.807, 2.05) is 0 Å². The van der Waals surface area contributed by atoms with Crippen LogP contribution < -0.4 is 0 Å². The van der Waals surface area contributed by atoms with Gasteiger partial charge in [-0.1, -0.05) is 0 Å². The summed E-state index contributed by atoms with van der Waals surface area (Å²) in [7, 11) is 0. The van der Waals surface area contributed by atoms with Gasteiger partial charge in [0, 0.05) is 13.8 Å². The molecule has 0 aromatic heterocycles. The molecule has 0 aromatic rings. The Kier molecular flexibility index (Phi) is 5.03. The molecule has 3 N–H and O–H groups in total. The Labute approximate surface area is 103 Å². The number of hydrogen-bond donors (Lipinski definition) is 3. The second-order valence-corrected chi connectivity index (χ2v) is 3.93. The summed E-state index contributed by atoms with van der Waals surface area (Å²) < 4.78 is 14.3. The number of esters is 2. The molecule has 0 aromatic carbocycles. The summed E-state index contributed by atoms with van der Waals surface area (Å²) in [6.07, 6.45) is -7.09. The van der Waals surface area contributed by atoms with E-state index in [-0.39, 0.29) is 6.61 Å². The van der Waals surface area contributed by atoms with Crippen LogP contribution in [0.4, 0.5) is 0 Å². The lowest BCUT2D eigenvalue weighted by Gasteiger charge is -2.39. The molecule has 8 heteroatoms. The van der Waals surface area contributed by atoms with E-state index in [9.17, 15) is 24.9 Å². The zero-order valence-corrected chi connectivity index (χ0v) is 9.98. The maximum atomic E-state index is 10.8. The molecule has 1 heterocycles. The third kappa shape index (κ3) is 3.64. The molecule has 2 unspecified atom stereocenters. The second-order valence-electron chi connectivity index (χ2n) is 3.93. The summed E-state index contributed by atoms with van der Waals surface area (Å²) >= 11 is 0. The van der Waals surface area contributed by atoms with Gasteiger partial charge in [-0.05, 0) is 0 Å². The Balaban J connectivity index is 2.67. The zero-order valence-electron chi connectivity index (χ0n) is 9.98. The molecular formula is C10H16O8. The van der Waals surface area contributed by atoms with Crippen LogP contribution in [0.3, 0.4) is 0 Å². The molecular weight excluding hydrogens is 248 g/mol. The van der Waals surface area contributed by atoms with Crippen molar-refractivity contribution in [1.82, 2.24) is 0 Å². The second kappa shape index (κ2) is 6.10. The van der Waals surface area contributed by atoms with Crippen LogP contribution in [0.1, 0.15) is 13.8 Å². The molecule has 1 fully saturated rings. The molecule has 8 nitrogen and oxygen atoms in total. The van der Waals surface area contributed by atoms with Crippen molar-refractivity contribution in [3.05, 3.63) is 0 Å². The van der Waals surface area contributed by atoms with Crippen LogP contribution >= 0.6 is 0 Å². The lowest BCUT2D eigenvalue weighted by atomic mass is 9.99. The minimum absolute atomic E-state index is 0.321. The van der Waals surface area contributed by atoms with Gasteiger partial charge in [-0.2, -0.15) is 0 Å². The van der Waals surface area contributed by atoms with Crippen molar-refractivity contribution in [3.63, 3.8) is 0 Å². The SMILES string of the molecule is CC(=O)OCC1O[C@@H](OC(C)=O)[C@@H](O)C(O)[C@@H]1O. The maximum absolute atomic E-state index is 10.8.